The van der Waals surface area contributed by atoms with E-state index in [1.165, 1.54) is 6.04 Å². The molecule has 0 aromatic carbocycles. The molecule has 3 nitrogen and oxygen atoms in total. The Kier molecular flexibility index (Phi) is 5.43. The van der Waals surface area contributed by atoms with Gasteiger partial charge in [0.15, 0.2) is 7.83 Å². The fourth-order valence-corrected chi connectivity index (χ4v) is 9.09. The predicted octanol–water partition coefficient (Wildman–Crippen LogP) is 4.40. The number of rotatable bonds is 5. The van der Waals surface area contributed by atoms with E-state index in [0.717, 1.165) is 25.7 Å². The molecule has 1 aliphatic rings. The maximum atomic E-state index is 12.0. The number of hydrogen-bond donors (Lipinski definition) is 0. The number of carbonyl (C=O) groups excluding carboxylic acids is 1. The first-order valence-corrected chi connectivity index (χ1v) is 14.8. The summed E-state index contributed by atoms with van der Waals surface area (Å²) in [4.78, 5) is 12.0. The highest BCUT2D eigenvalue weighted by atomic mass is 29.3. The molecule has 1 saturated heterocycles. The maximum absolute atomic E-state index is 12.0. The van der Waals surface area contributed by atoms with Crippen LogP contribution < -0.4 is 0 Å². The monoisotopic (exact) mass is 314 g/mol. The summed E-state index contributed by atoms with van der Waals surface area (Å²) in [7, 11) is -3.09. The van der Waals surface area contributed by atoms with Gasteiger partial charge >= 0.3 is 5.97 Å². The molecule has 1 rings (SSSR count). The molecule has 0 radical (unpaired) electrons. The van der Waals surface area contributed by atoms with Gasteiger partial charge in [-0.2, -0.15) is 0 Å². The van der Waals surface area contributed by atoms with Crippen LogP contribution in [-0.4, -0.2) is 27.2 Å². The molecule has 116 valence electrons. The van der Waals surface area contributed by atoms with Crippen LogP contribution in [0.25, 0.3) is 0 Å². The Bertz CT molecular complexity index is 391. The standard InChI is InChI=1S/C15H30O3Si2/c1-8-9-10-15(17-14(16)13(2)3)11-12-19(4,5)20(6,7)18-15/h2,8-12H2,1,3-7H3. The molecule has 0 amide bonds. The van der Waals surface area contributed by atoms with Crippen molar-refractivity contribution in [3.63, 3.8) is 0 Å². The van der Waals surface area contributed by atoms with E-state index in [4.69, 9.17) is 9.16 Å². The molecule has 0 N–H and O–H groups in total. The van der Waals surface area contributed by atoms with Crippen molar-refractivity contribution in [1.82, 2.24) is 0 Å². The third-order valence-electron chi connectivity index (χ3n) is 4.74. The first-order valence-electron chi connectivity index (χ1n) is 7.64. The van der Waals surface area contributed by atoms with Crippen molar-refractivity contribution >= 4 is 21.4 Å². The van der Waals surface area contributed by atoms with Crippen LogP contribution in [0.5, 0.6) is 0 Å². The quantitative estimate of drug-likeness (QED) is 0.428. The second kappa shape index (κ2) is 6.16. The highest BCUT2D eigenvalue weighted by molar-refractivity contribution is 7.38. The van der Waals surface area contributed by atoms with E-state index >= 15 is 0 Å². The van der Waals surface area contributed by atoms with Crippen LogP contribution in [0.2, 0.25) is 32.2 Å². The Labute approximate surface area is 125 Å². The molecule has 1 atom stereocenters. The van der Waals surface area contributed by atoms with Gasteiger partial charge in [0, 0.05) is 18.4 Å². The van der Waals surface area contributed by atoms with Crippen molar-refractivity contribution in [2.75, 3.05) is 0 Å². The summed E-state index contributed by atoms with van der Waals surface area (Å²) in [5, 5.41) is 0. The Hall–Kier alpha value is -0.396. The van der Waals surface area contributed by atoms with E-state index in [-0.39, 0.29) is 5.97 Å². The summed E-state index contributed by atoms with van der Waals surface area (Å²) in [6.07, 6.45) is 3.76. The Morgan fingerprint density at radius 1 is 1.35 bits per heavy atom. The van der Waals surface area contributed by atoms with Crippen LogP contribution in [-0.2, 0) is 14.0 Å². The summed E-state index contributed by atoms with van der Waals surface area (Å²) in [6.45, 7) is 16.9. The Balaban J connectivity index is 2.96. The van der Waals surface area contributed by atoms with Gasteiger partial charge in [0.1, 0.15) is 0 Å². The average Bonchev–Trinajstić information content (AvgIpc) is 2.32. The zero-order valence-electron chi connectivity index (χ0n) is 14.0. The molecule has 1 fully saturated rings. The minimum atomic E-state index is -1.77. The number of carbonyl (C=O) groups is 1. The van der Waals surface area contributed by atoms with E-state index in [1.807, 2.05) is 0 Å². The van der Waals surface area contributed by atoms with Crippen LogP contribution in [0, 0.1) is 0 Å². The molecular formula is C15H30O3Si2. The van der Waals surface area contributed by atoms with E-state index in [2.05, 4.69) is 39.7 Å². The van der Waals surface area contributed by atoms with Crippen molar-refractivity contribution in [2.45, 2.75) is 77.6 Å². The van der Waals surface area contributed by atoms with E-state index in [0.29, 0.717) is 5.57 Å². The molecule has 1 aliphatic heterocycles. The highest BCUT2D eigenvalue weighted by Gasteiger charge is 2.54. The van der Waals surface area contributed by atoms with Gasteiger partial charge in [-0.15, -0.1) is 0 Å². The summed E-state index contributed by atoms with van der Waals surface area (Å²) < 4.78 is 12.3. The SMILES string of the molecule is C=C(C)C(=O)OC1(CCCC)CC[Si](C)(C)[Si](C)(C)O1. The number of unbranched alkanes of at least 4 members (excludes halogenated alkanes) is 1. The smallest absolute Gasteiger partial charge is 0.335 e. The second-order valence-electron chi connectivity index (χ2n) is 7.18. The van der Waals surface area contributed by atoms with E-state index in [9.17, 15) is 4.79 Å². The molecule has 0 aromatic rings. The Morgan fingerprint density at radius 2 is 1.95 bits per heavy atom. The molecular weight excluding hydrogens is 284 g/mol. The van der Waals surface area contributed by atoms with Crippen LogP contribution in [0.15, 0.2) is 12.2 Å². The molecule has 0 bridgehead atoms. The van der Waals surface area contributed by atoms with Crippen molar-refractivity contribution in [2.24, 2.45) is 0 Å². The summed E-state index contributed by atoms with van der Waals surface area (Å²) in [5.41, 5.74) is 0.450. The van der Waals surface area contributed by atoms with Crippen molar-refractivity contribution in [3.05, 3.63) is 12.2 Å². The third-order valence-corrected chi connectivity index (χ3v) is 21.2. The third kappa shape index (κ3) is 3.83. The number of esters is 1. The Morgan fingerprint density at radius 3 is 2.40 bits per heavy atom. The number of ether oxygens (including phenoxy) is 1. The fraction of sp³-hybridized carbons (Fsp3) is 0.800. The first-order chi connectivity index (χ1) is 9.05. The van der Waals surface area contributed by atoms with Crippen LogP contribution in [0.1, 0.15) is 39.5 Å². The van der Waals surface area contributed by atoms with Crippen molar-refractivity contribution in [3.8, 4) is 0 Å². The average molecular weight is 315 g/mol. The zero-order valence-corrected chi connectivity index (χ0v) is 16.0. The molecule has 0 spiro atoms. The van der Waals surface area contributed by atoms with Gasteiger partial charge < -0.3 is 9.16 Å². The maximum Gasteiger partial charge on any atom is 0.335 e. The number of hydrogen-bond acceptors (Lipinski definition) is 3. The van der Waals surface area contributed by atoms with Gasteiger partial charge in [-0.1, -0.05) is 39.1 Å². The van der Waals surface area contributed by atoms with E-state index in [1.54, 1.807) is 6.92 Å². The van der Waals surface area contributed by atoms with Gasteiger partial charge in [-0.25, -0.2) is 4.79 Å². The molecule has 1 unspecified atom stereocenters. The van der Waals surface area contributed by atoms with E-state index < -0.39 is 21.2 Å². The van der Waals surface area contributed by atoms with Crippen molar-refractivity contribution in [1.29, 1.82) is 0 Å². The van der Waals surface area contributed by atoms with Gasteiger partial charge in [0.2, 0.25) is 5.79 Å². The predicted molar refractivity (Wildman–Crippen MR) is 88.6 cm³/mol. The molecule has 20 heavy (non-hydrogen) atoms. The van der Waals surface area contributed by atoms with Crippen LogP contribution >= 0.6 is 0 Å². The second-order valence-corrected chi connectivity index (χ2v) is 22.3. The highest BCUT2D eigenvalue weighted by Crippen LogP contribution is 2.42. The van der Waals surface area contributed by atoms with Crippen molar-refractivity contribution < 1.29 is 14.0 Å². The van der Waals surface area contributed by atoms with Gasteiger partial charge in [-0.3, -0.25) is 0 Å². The lowest BCUT2D eigenvalue weighted by Gasteiger charge is -2.51. The topological polar surface area (TPSA) is 35.5 Å². The van der Waals surface area contributed by atoms with Gasteiger partial charge in [0.05, 0.1) is 7.59 Å². The lowest BCUT2D eigenvalue weighted by molar-refractivity contribution is -0.202. The minimum absolute atomic E-state index is 0.313. The largest absolute Gasteiger partial charge is 0.431 e. The molecule has 5 heteroatoms. The van der Waals surface area contributed by atoms with Gasteiger partial charge in [0.25, 0.3) is 0 Å². The normalized spacial score (nSPS) is 27.9. The summed E-state index contributed by atoms with van der Waals surface area (Å²) >= 11 is 0. The van der Waals surface area contributed by atoms with Crippen LogP contribution in [0.4, 0.5) is 0 Å². The lowest BCUT2D eigenvalue weighted by Crippen LogP contribution is -2.66. The lowest BCUT2D eigenvalue weighted by atomic mass is 10.1. The molecule has 0 saturated carbocycles. The molecule has 0 aliphatic carbocycles. The molecule has 1 heterocycles. The zero-order chi connectivity index (χ0) is 15.6. The summed E-state index contributed by atoms with van der Waals surface area (Å²) in [5.74, 6) is -1.00. The minimum Gasteiger partial charge on any atom is -0.431 e. The summed E-state index contributed by atoms with van der Waals surface area (Å²) in [6, 6.07) is 1.18. The van der Waals surface area contributed by atoms with Crippen LogP contribution in [0.3, 0.4) is 0 Å². The first kappa shape index (κ1) is 17.7. The fourth-order valence-electron chi connectivity index (χ4n) is 2.46. The van der Waals surface area contributed by atoms with Gasteiger partial charge in [-0.05, 0) is 26.4 Å². The molecule has 0 aromatic heterocycles.